The van der Waals surface area contributed by atoms with Gasteiger partial charge in [0, 0.05) is 17.6 Å². The molecule has 3 aromatic rings. The van der Waals surface area contributed by atoms with Crippen molar-refractivity contribution in [2.75, 3.05) is 5.32 Å². The molecule has 3 rings (SSSR count). The summed E-state index contributed by atoms with van der Waals surface area (Å²) in [7, 11) is 0. The molecular formula is C22H23N3O. The molecule has 1 heterocycles. The lowest BCUT2D eigenvalue weighted by Crippen LogP contribution is -2.31. The van der Waals surface area contributed by atoms with E-state index < -0.39 is 0 Å². The third kappa shape index (κ3) is 4.48. The zero-order valence-electron chi connectivity index (χ0n) is 15.3. The molecule has 2 aromatic carbocycles. The first kappa shape index (κ1) is 17.7. The molecule has 0 bridgehead atoms. The summed E-state index contributed by atoms with van der Waals surface area (Å²) in [6, 6.07) is 19.7. The van der Waals surface area contributed by atoms with E-state index in [9.17, 15) is 4.79 Å². The van der Waals surface area contributed by atoms with Crippen molar-refractivity contribution in [3.8, 4) is 11.1 Å². The van der Waals surface area contributed by atoms with Crippen LogP contribution in [0.15, 0.2) is 66.9 Å². The van der Waals surface area contributed by atoms with Crippen LogP contribution in [0.1, 0.15) is 29.8 Å². The van der Waals surface area contributed by atoms with Crippen molar-refractivity contribution in [2.45, 2.75) is 26.8 Å². The van der Waals surface area contributed by atoms with Gasteiger partial charge in [0.05, 0.1) is 6.04 Å². The Kier molecular flexibility index (Phi) is 5.32. The predicted molar refractivity (Wildman–Crippen MR) is 106 cm³/mol. The first-order chi connectivity index (χ1) is 12.5. The van der Waals surface area contributed by atoms with Crippen molar-refractivity contribution in [3.05, 3.63) is 83.7 Å². The van der Waals surface area contributed by atoms with Gasteiger partial charge in [-0.2, -0.15) is 0 Å². The Labute approximate surface area is 154 Å². The van der Waals surface area contributed by atoms with E-state index in [1.807, 2.05) is 81.4 Å². The number of anilines is 1. The van der Waals surface area contributed by atoms with Gasteiger partial charge in [0.2, 0.25) is 0 Å². The summed E-state index contributed by atoms with van der Waals surface area (Å²) in [5, 5.41) is 5.84. The van der Waals surface area contributed by atoms with Crippen LogP contribution >= 0.6 is 0 Å². The molecule has 1 unspecified atom stereocenters. The van der Waals surface area contributed by atoms with Gasteiger partial charge in [0.15, 0.2) is 0 Å². The van der Waals surface area contributed by atoms with Crippen LogP contribution in [0.25, 0.3) is 11.1 Å². The van der Waals surface area contributed by atoms with E-state index in [1.54, 1.807) is 6.20 Å². The number of nitrogens with one attached hydrogen (secondary N) is 2. The molecule has 132 valence electrons. The van der Waals surface area contributed by atoms with Gasteiger partial charge in [-0.05, 0) is 61.7 Å². The van der Waals surface area contributed by atoms with Gasteiger partial charge in [-0.1, -0.05) is 42.0 Å². The van der Waals surface area contributed by atoms with E-state index in [4.69, 9.17) is 0 Å². The zero-order valence-corrected chi connectivity index (χ0v) is 15.3. The molecule has 0 saturated carbocycles. The number of nitrogens with zero attached hydrogens (tertiary/aromatic N) is 1. The van der Waals surface area contributed by atoms with Gasteiger partial charge in [-0.3, -0.25) is 4.98 Å². The molecule has 4 nitrogen and oxygen atoms in total. The average molecular weight is 345 g/mol. The van der Waals surface area contributed by atoms with Gasteiger partial charge >= 0.3 is 6.03 Å². The van der Waals surface area contributed by atoms with Crippen molar-refractivity contribution < 1.29 is 4.79 Å². The van der Waals surface area contributed by atoms with Crippen LogP contribution in [0.3, 0.4) is 0 Å². The largest absolute Gasteiger partial charge is 0.331 e. The summed E-state index contributed by atoms with van der Waals surface area (Å²) in [6.07, 6.45) is 1.80. The Hall–Kier alpha value is -3.14. The molecule has 0 radical (unpaired) electrons. The predicted octanol–water partition coefficient (Wildman–Crippen LogP) is 5.25. The molecule has 26 heavy (non-hydrogen) atoms. The number of amides is 2. The molecule has 0 aliphatic heterocycles. The van der Waals surface area contributed by atoms with E-state index in [-0.39, 0.29) is 12.1 Å². The number of urea groups is 1. The molecule has 0 aliphatic carbocycles. The number of aryl methyl sites for hydroxylation is 2. The van der Waals surface area contributed by atoms with Crippen LogP contribution in [-0.2, 0) is 0 Å². The number of carbonyl (C=O) groups excluding carboxylic acids is 1. The summed E-state index contributed by atoms with van der Waals surface area (Å²) in [5.74, 6) is 0. The number of aromatic nitrogens is 1. The third-order valence-corrected chi connectivity index (χ3v) is 4.30. The molecule has 0 saturated heterocycles. The van der Waals surface area contributed by atoms with Gasteiger partial charge in [0.1, 0.15) is 0 Å². The molecule has 0 spiro atoms. The van der Waals surface area contributed by atoms with Crippen LogP contribution < -0.4 is 10.6 Å². The van der Waals surface area contributed by atoms with Crippen molar-refractivity contribution >= 4 is 11.7 Å². The Morgan fingerprint density at radius 1 is 0.923 bits per heavy atom. The maximum Gasteiger partial charge on any atom is 0.319 e. The van der Waals surface area contributed by atoms with Gasteiger partial charge in [-0.25, -0.2) is 4.79 Å². The maximum atomic E-state index is 12.2. The van der Waals surface area contributed by atoms with E-state index >= 15 is 0 Å². The van der Waals surface area contributed by atoms with Crippen LogP contribution in [0, 0.1) is 13.8 Å². The third-order valence-electron chi connectivity index (χ3n) is 4.30. The highest BCUT2D eigenvalue weighted by Crippen LogP contribution is 2.21. The standard InChI is InChI=1S/C22H23N3O/c1-15-4-6-18(7-5-15)17(3)24-22(26)25-21-10-8-19(9-11-21)20-12-13-23-16(2)14-20/h4-14,17H,1-3H3,(H2,24,25,26). The molecule has 0 aliphatic rings. The Balaban J connectivity index is 1.61. The van der Waals surface area contributed by atoms with Crippen LogP contribution in [0.4, 0.5) is 10.5 Å². The molecule has 1 atom stereocenters. The lowest BCUT2D eigenvalue weighted by molar-refractivity contribution is 0.249. The summed E-state index contributed by atoms with van der Waals surface area (Å²) in [6.45, 7) is 5.99. The minimum Gasteiger partial charge on any atom is -0.331 e. The number of carbonyl (C=O) groups is 1. The van der Waals surface area contributed by atoms with E-state index in [2.05, 4.69) is 15.6 Å². The van der Waals surface area contributed by atoms with Gasteiger partial charge in [0.25, 0.3) is 0 Å². The normalized spacial score (nSPS) is 11.7. The molecule has 2 N–H and O–H groups in total. The van der Waals surface area contributed by atoms with Crippen molar-refractivity contribution in [1.82, 2.24) is 10.3 Å². The summed E-state index contributed by atoms with van der Waals surface area (Å²) in [5.41, 5.74) is 6.22. The van der Waals surface area contributed by atoms with Gasteiger partial charge < -0.3 is 10.6 Å². The van der Waals surface area contributed by atoms with Crippen LogP contribution in [0.2, 0.25) is 0 Å². The van der Waals surface area contributed by atoms with Crippen molar-refractivity contribution in [2.24, 2.45) is 0 Å². The fourth-order valence-electron chi connectivity index (χ4n) is 2.77. The van der Waals surface area contributed by atoms with Crippen LogP contribution in [-0.4, -0.2) is 11.0 Å². The Bertz CT molecular complexity index is 886. The number of hydrogen-bond donors (Lipinski definition) is 2. The lowest BCUT2D eigenvalue weighted by atomic mass is 10.1. The van der Waals surface area contributed by atoms with E-state index in [0.29, 0.717) is 0 Å². The average Bonchev–Trinajstić information content (AvgIpc) is 2.62. The summed E-state index contributed by atoms with van der Waals surface area (Å²) >= 11 is 0. The summed E-state index contributed by atoms with van der Waals surface area (Å²) < 4.78 is 0. The van der Waals surface area contributed by atoms with Crippen molar-refractivity contribution in [3.63, 3.8) is 0 Å². The second-order valence-electron chi connectivity index (χ2n) is 6.49. The zero-order chi connectivity index (χ0) is 18.5. The smallest absolute Gasteiger partial charge is 0.319 e. The van der Waals surface area contributed by atoms with E-state index in [0.717, 1.165) is 28.1 Å². The Morgan fingerprint density at radius 3 is 2.27 bits per heavy atom. The summed E-state index contributed by atoms with van der Waals surface area (Å²) in [4.78, 5) is 16.4. The first-order valence-corrected chi connectivity index (χ1v) is 8.68. The second-order valence-corrected chi connectivity index (χ2v) is 6.49. The second kappa shape index (κ2) is 7.83. The fourth-order valence-corrected chi connectivity index (χ4v) is 2.77. The highest BCUT2D eigenvalue weighted by atomic mass is 16.2. The number of rotatable bonds is 4. The highest BCUT2D eigenvalue weighted by Gasteiger charge is 2.09. The minimum atomic E-state index is -0.217. The minimum absolute atomic E-state index is 0.0605. The molecular weight excluding hydrogens is 322 g/mol. The quantitative estimate of drug-likeness (QED) is 0.679. The number of pyridine rings is 1. The lowest BCUT2D eigenvalue weighted by Gasteiger charge is -2.15. The number of hydrogen-bond acceptors (Lipinski definition) is 2. The molecule has 0 fully saturated rings. The topological polar surface area (TPSA) is 54.0 Å². The SMILES string of the molecule is Cc1ccc(C(C)NC(=O)Nc2ccc(-c3ccnc(C)c3)cc2)cc1. The van der Waals surface area contributed by atoms with E-state index in [1.165, 1.54) is 5.56 Å². The molecule has 2 amide bonds. The van der Waals surface area contributed by atoms with Crippen LogP contribution in [0.5, 0.6) is 0 Å². The maximum absolute atomic E-state index is 12.2. The molecule has 1 aromatic heterocycles. The fraction of sp³-hybridized carbons (Fsp3) is 0.182. The van der Waals surface area contributed by atoms with Gasteiger partial charge in [-0.15, -0.1) is 0 Å². The Morgan fingerprint density at radius 2 is 1.62 bits per heavy atom. The first-order valence-electron chi connectivity index (χ1n) is 8.68. The molecule has 4 heteroatoms. The number of benzene rings is 2. The van der Waals surface area contributed by atoms with Crippen molar-refractivity contribution in [1.29, 1.82) is 0 Å². The highest BCUT2D eigenvalue weighted by molar-refractivity contribution is 5.89. The monoisotopic (exact) mass is 345 g/mol.